The van der Waals surface area contributed by atoms with Gasteiger partial charge < -0.3 is 10.3 Å². The number of nitrogens with zero attached hydrogens (tertiary/aromatic N) is 2. The Morgan fingerprint density at radius 1 is 1.24 bits per heavy atom. The first-order valence-electron chi connectivity index (χ1n) is 8.34. The Morgan fingerprint density at radius 2 is 2.10 bits per heavy atom. The Balaban J connectivity index is 1.86. The Bertz CT molecular complexity index is 585. The molecule has 1 unspecified atom stereocenters. The van der Waals surface area contributed by atoms with Crippen LogP contribution in [0.4, 0.5) is 0 Å². The first-order chi connectivity index (χ1) is 10.3. The van der Waals surface area contributed by atoms with Crippen molar-refractivity contribution in [1.82, 2.24) is 9.47 Å². The SMILES string of the molecule is CCn1cc(CN2CCCCC2CCN)c2ccccc21. The zero-order valence-electron chi connectivity index (χ0n) is 13.1. The first-order valence-corrected chi connectivity index (χ1v) is 8.34. The van der Waals surface area contributed by atoms with Crippen LogP contribution in [0.5, 0.6) is 0 Å². The highest BCUT2D eigenvalue weighted by Gasteiger charge is 2.22. The van der Waals surface area contributed by atoms with Gasteiger partial charge in [0.15, 0.2) is 0 Å². The Kier molecular flexibility index (Phi) is 4.61. The average Bonchev–Trinajstić information content (AvgIpc) is 2.88. The molecule has 1 atom stereocenters. The second-order valence-corrected chi connectivity index (χ2v) is 6.15. The van der Waals surface area contributed by atoms with Crippen LogP contribution in [0, 0.1) is 0 Å². The van der Waals surface area contributed by atoms with E-state index in [1.54, 1.807) is 0 Å². The lowest BCUT2D eigenvalue weighted by molar-refractivity contribution is 0.134. The summed E-state index contributed by atoms with van der Waals surface area (Å²) in [7, 11) is 0. The molecule has 0 bridgehead atoms. The number of hydrogen-bond donors (Lipinski definition) is 1. The zero-order chi connectivity index (χ0) is 14.7. The highest BCUT2D eigenvalue weighted by Crippen LogP contribution is 2.26. The summed E-state index contributed by atoms with van der Waals surface area (Å²) >= 11 is 0. The Labute approximate surface area is 127 Å². The van der Waals surface area contributed by atoms with Gasteiger partial charge in [0.25, 0.3) is 0 Å². The van der Waals surface area contributed by atoms with E-state index in [0.29, 0.717) is 6.04 Å². The fourth-order valence-corrected chi connectivity index (χ4v) is 3.72. The number of likely N-dealkylation sites (tertiary alicyclic amines) is 1. The molecule has 1 aromatic carbocycles. The summed E-state index contributed by atoms with van der Waals surface area (Å²) in [5, 5.41) is 1.41. The molecular weight excluding hydrogens is 258 g/mol. The number of benzene rings is 1. The summed E-state index contributed by atoms with van der Waals surface area (Å²) in [5.74, 6) is 0. The van der Waals surface area contributed by atoms with Gasteiger partial charge in [-0.05, 0) is 50.9 Å². The number of nitrogens with two attached hydrogens (primary N) is 1. The smallest absolute Gasteiger partial charge is 0.0483 e. The third-order valence-electron chi connectivity index (χ3n) is 4.83. The van der Waals surface area contributed by atoms with Crippen molar-refractivity contribution in [2.75, 3.05) is 13.1 Å². The van der Waals surface area contributed by atoms with Gasteiger partial charge in [-0.3, -0.25) is 4.90 Å². The molecule has 1 aliphatic heterocycles. The predicted octanol–water partition coefficient (Wildman–Crippen LogP) is 3.36. The molecule has 2 aromatic rings. The van der Waals surface area contributed by atoms with E-state index < -0.39 is 0 Å². The van der Waals surface area contributed by atoms with Crippen LogP contribution in [-0.2, 0) is 13.1 Å². The molecule has 0 radical (unpaired) electrons. The second-order valence-electron chi connectivity index (χ2n) is 6.15. The number of aryl methyl sites for hydroxylation is 1. The largest absolute Gasteiger partial charge is 0.347 e. The highest BCUT2D eigenvalue weighted by molar-refractivity contribution is 5.83. The summed E-state index contributed by atoms with van der Waals surface area (Å²) in [4.78, 5) is 2.65. The third kappa shape index (κ3) is 2.99. The Hall–Kier alpha value is -1.32. The summed E-state index contributed by atoms with van der Waals surface area (Å²) in [6.07, 6.45) is 7.47. The molecule has 3 nitrogen and oxygen atoms in total. The van der Waals surface area contributed by atoms with Gasteiger partial charge >= 0.3 is 0 Å². The van der Waals surface area contributed by atoms with E-state index in [0.717, 1.165) is 26.1 Å². The lowest BCUT2D eigenvalue weighted by atomic mass is 9.98. The van der Waals surface area contributed by atoms with Crippen LogP contribution < -0.4 is 5.73 Å². The van der Waals surface area contributed by atoms with E-state index >= 15 is 0 Å². The third-order valence-corrected chi connectivity index (χ3v) is 4.83. The molecule has 21 heavy (non-hydrogen) atoms. The van der Waals surface area contributed by atoms with Gasteiger partial charge in [0.1, 0.15) is 0 Å². The van der Waals surface area contributed by atoms with E-state index in [1.165, 1.54) is 42.3 Å². The number of piperidine rings is 1. The van der Waals surface area contributed by atoms with Crippen LogP contribution in [0.1, 0.15) is 38.2 Å². The fraction of sp³-hybridized carbons (Fsp3) is 0.556. The van der Waals surface area contributed by atoms with E-state index in [1.807, 2.05) is 0 Å². The number of para-hydroxylation sites is 1. The van der Waals surface area contributed by atoms with Crippen LogP contribution in [0.15, 0.2) is 30.5 Å². The predicted molar refractivity (Wildman–Crippen MR) is 89.3 cm³/mol. The van der Waals surface area contributed by atoms with Crippen LogP contribution >= 0.6 is 0 Å². The zero-order valence-corrected chi connectivity index (χ0v) is 13.1. The van der Waals surface area contributed by atoms with Crippen molar-refractivity contribution in [2.45, 2.75) is 51.7 Å². The quantitative estimate of drug-likeness (QED) is 0.914. The summed E-state index contributed by atoms with van der Waals surface area (Å²) in [6.45, 7) is 6.34. The Morgan fingerprint density at radius 3 is 2.90 bits per heavy atom. The van der Waals surface area contributed by atoms with Gasteiger partial charge in [-0.1, -0.05) is 24.6 Å². The van der Waals surface area contributed by atoms with Crippen molar-refractivity contribution in [3.8, 4) is 0 Å². The fourth-order valence-electron chi connectivity index (χ4n) is 3.72. The van der Waals surface area contributed by atoms with E-state index in [2.05, 4.69) is 46.9 Å². The lowest BCUT2D eigenvalue weighted by Gasteiger charge is -2.35. The van der Waals surface area contributed by atoms with Crippen molar-refractivity contribution >= 4 is 10.9 Å². The van der Waals surface area contributed by atoms with Gasteiger partial charge in [0.05, 0.1) is 0 Å². The maximum atomic E-state index is 5.80. The van der Waals surface area contributed by atoms with Gasteiger partial charge in [0.2, 0.25) is 0 Å². The molecule has 2 N–H and O–H groups in total. The molecule has 0 spiro atoms. The number of fused-ring (bicyclic) bond motifs is 1. The molecule has 0 amide bonds. The highest BCUT2D eigenvalue weighted by atomic mass is 15.2. The second kappa shape index (κ2) is 6.63. The minimum Gasteiger partial charge on any atom is -0.347 e. The molecule has 114 valence electrons. The average molecular weight is 285 g/mol. The van der Waals surface area contributed by atoms with Crippen molar-refractivity contribution in [2.24, 2.45) is 5.73 Å². The van der Waals surface area contributed by atoms with Crippen molar-refractivity contribution in [3.05, 3.63) is 36.0 Å². The lowest BCUT2D eigenvalue weighted by Crippen LogP contribution is -2.40. The monoisotopic (exact) mass is 285 g/mol. The van der Waals surface area contributed by atoms with E-state index in [4.69, 9.17) is 5.73 Å². The molecule has 2 heterocycles. The molecule has 1 aliphatic rings. The van der Waals surface area contributed by atoms with Gasteiger partial charge in [-0.25, -0.2) is 0 Å². The van der Waals surface area contributed by atoms with Crippen LogP contribution in [0.3, 0.4) is 0 Å². The number of aromatic nitrogens is 1. The molecule has 1 saturated heterocycles. The van der Waals surface area contributed by atoms with Gasteiger partial charge in [-0.2, -0.15) is 0 Å². The molecule has 3 heteroatoms. The first kappa shape index (κ1) is 14.6. The standard InChI is InChI=1S/C18H27N3/c1-2-20-13-15(17-8-3-4-9-18(17)20)14-21-12-6-5-7-16(21)10-11-19/h3-4,8-9,13,16H,2,5-7,10-12,14,19H2,1H3. The minimum atomic E-state index is 0.674. The summed E-state index contributed by atoms with van der Waals surface area (Å²) in [6, 6.07) is 9.46. The van der Waals surface area contributed by atoms with Crippen LogP contribution in [0.25, 0.3) is 10.9 Å². The molecule has 3 rings (SSSR count). The van der Waals surface area contributed by atoms with E-state index in [9.17, 15) is 0 Å². The van der Waals surface area contributed by atoms with Crippen molar-refractivity contribution in [1.29, 1.82) is 0 Å². The molecular formula is C18H27N3. The topological polar surface area (TPSA) is 34.2 Å². The van der Waals surface area contributed by atoms with Crippen molar-refractivity contribution < 1.29 is 0 Å². The maximum absolute atomic E-state index is 5.80. The maximum Gasteiger partial charge on any atom is 0.0483 e. The van der Waals surface area contributed by atoms with Gasteiger partial charge in [-0.15, -0.1) is 0 Å². The molecule has 0 aliphatic carbocycles. The van der Waals surface area contributed by atoms with Crippen LogP contribution in [0.2, 0.25) is 0 Å². The molecule has 1 aromatic heterocycles. The minimum absolute atomic E-state index is 0.674. The molecule has 0 saturated carbocycles. The van der Waals surface area contributed by atoms with Crippen LogP contribution in [-0.4, -0.2) is 28.6 Å². The van der Waals surface area contributed by atoms with E-state index in [-0.39, 0.29) is 0 Å². The molecule has 1 fully saturated rings. The summed E-state index contributed by atoms with van der Waals surface area (Å²) < 4.78 is 2.37. The number of rotatable bonds is 5. The van der Waals surface area contributed by atoms with Gasteiger partial charge in [0, 0.05) is 36.2 Å². The number of hydrogen-bond acceptors (Lipinski definition) is 2. The normalized spacial score (nSPS) is 20.2. The van der Waals surface area contributed by atoms with Crippen molar-refractivity contribution in [3.63, 3.8) is 0 Å². The summed E-state index contributed by atoms with van der Waals surface area (Å²) in [5.41, 5.74) is 8.63.